The number of nitrogens with zero attached hydrogens (tertiary/aromatic N) is 5. The van der Waals surface area contributed by atoms with Crippen LogP contribution >= 0.6 is 0 Å². The zero-order valence-corrected chi connectivity index (χ0v) is 12.1. The van der Waals surface area contributed by atoms with Crippen LogP contribution in [0, 0.1) is 0 Å². The summed E-state index contributed by atoms with van der Waals surface area (Å²) >= 11 is 0. The van der Waals surface area contributed by atoms with Gasteiger partial charge in [-0.2, -0.15) is 5.10 Å². The van der Waals surface area contributed by atoms with E-state index in [1.54, 1.807) is 10.9 Å². The number of nitrogen functional groups attached to an aromatic ring is 1. The Balaban J connectivity index is 2.23. The average Bonchev–Trinajstić information content (AvgIpc) is 2.72. The molecule has 0 amide bonds. The minimum atomic E-state index is 0.504. The maximum atomic E-state index is 5.96. The summed E-state index contributed by atoms with van der Waals surface area (Å²) < 4.78 is 1.73. The summed E-state index contributed by atoms with van der Waals surface area (Å²) in [4.78, 5) is 11.2. The Bertz CT molecular complexity index is 562. The van der Waals surface area contributed by atoms with E-state index in [2.05, 4.69) is 40.9 Å². The first-order chi connectivity index (χ1) is 9.02. The highest BCUT2D eigenvalue weighted by Crippen LogP contribution is 2.17. The molecular weight excluding hydrogens is 240 g/mol. The van der Waals surface area contributed by atoms with Crippen molar-refractivity contribution >= 4 is 16.9 Å². The quantitative estimate of drug-likeness (QED) is 0.885. The summed E-state index contributed by atoms with van der Waals surface area (Å²) in [7, 11) is 3.95. The van der Waals surface area contributed by atoms with Gasteiger partial charge in [-0.3, -0.25) is 9.58 Å². The molecule has 0 spiro atoms. The molecule has 0 aliphatic heterocycles. The molecule has 6 heteroatoms. The predicted octanol–water partition coefficient (Wildman–Crippen LogP) is 1.57. The van der Waals surface area contributed by atoms with Crippen LogP contribution in [-0.2, 0) is 13.6 Å². The summed E-state index contributed by atoms with van der Waals surface area (Å²) in [5.74, 6) is 1.25. The Morgan fingerprint density at radius 3 is 2.84 bits per heavy atom. The largest absolute Gasteiger partial charge is 0.383 e. The Morgan fingerprint density at radius 2 is 2.16 bits per heavy atom. The predicted molar refractivity (Wildman–Crippen MR) is 76.6 cm³/mol. The number of hydrogen-bond acceptors (Lipinski definition) is 5. The van der Waals surface area contributed by atoms with Crippen molar-refractivity contribution in [3.8, 4) is 0 Å². The van der Waals surface area contributed by atoms with Gasteiger partial charge in [0.05, 0.1) is 18.1 Å². The Labute approximate surface area is 113 Å². The Kier molecular flexibility index (Phi) is 3.99. The third kappa shape index (κ3) is 2.84. The second kappa shape index (κ2) is 5.52. The van der Waals surface area contributed by atoms with Gasteiger partial charge in [-0.25, -0.2) is 9.97 Å². The fourth-order valence-corrected chi connectivity index (χ4v) is 2.18. The monoisotopic (exact) mass is 262 g/mol. The topological polar surface area (TPSA) is 72.9 Å². The molecule has 0 aliphatic carbocycles. The van der Waals surface area contributed by atoms with Gasteiger partial charge >= 0.3 is 0 Å². The summed E-state index contributed by atoms with van der Waals surface area (Å²) in [6.07, 6.45) is 4.05. The molecule has 0 fully saturated rings. The van der Waals surface area contributed by atoms with E-state index in [0.717, 1.165) is 16.9 Å². The van der Waals surface area contributed by atoms with Crippen LogP contribution in [0.15, 0.2) is 6.20 Å². The van der Waals surface area contributed by atoms with Crippen LogP contribution in [0.2, 0.25) is 0 Å². The first-order valence-corrected chi connectivity index (χ1v) is 6.67. The number of anilines is 1. The summed E-state index contributed by atoms with van der Waals surface area (Å²) in [6, 6.07) is 0.511. The lowest BCUT2D eigenvalue weighted by molar-refractivity contribution is 0.231. The van der Waals surface area contributed by atoms with Crippen LogP contribution in [0.5, 0.6) is 0 Å². The van der Waals surface area contributed by atoms with Gasteiger partial charge in [0.15, 0.2) is 5.65 Å². The number of fused-ring (bicyclic) bond motifs is 1. The third-order valence-electron chi connectivity index (χ3n) is 3.52. The maximum Gasteiger partial charge on any atom is 0.163 e. The number of nitrogens with two attached hydrogens (primary N) is 1. The first kappa shape index (κ1) is 13.7. The van der Waals surface area contributed by atoms with Crippen molar-refractivity contribution < 1.29 is 0 Å². The molecule has 0 bridgehead atoms. The second-order valence-corrected chi connectivity index (χ2v) is 5.08. The highest BCUT2D eigenvalue weighted by atomic mass is 15.3. The summed E-state index contributed by atoms with van der Waals surface area (Å²) in [6.45, 7) is 5.11. The van der Waals surface area contributed by atoms with Crippen molar-refractivity contribution in [2.75, 3.05) is 12.8 Å². The molecule has 2 rings (SSSR count). The van der Waals surface area contributed by atoms with Crippen LogP contribution < -0.4 is 5.73 Å². The van der Waals surface area contributed by atoms with Gasteiger partial charge in [-0.15, -0.1) is 0 Å². The lowest BCUT2D eigenvalue weighted by Crippen LogP contribution is -2.29. The number of aryl methyl sites for hydroxylation is 1. The molecule has 0 aliphatic rings. The van der Waals surface area contributed by atoms with Crippen LogP contribution in [0.3, 0.4) is 0 Å². The molecule has 1 unspecified atom stereocenters. The first-order valence-electron chi connectivity index (χ1n) is 6.67. The van der Waals surface area contributed by atoms with Crippen molar-refractivity contribution in [1.82, 2.24) is 24.6 Å². The molecule has 104 valence electrons. The fourth-order valence-electron chi connectivity index (χ4n) is 2.18. The zero-order valence-electron chi connectivity index (χ0n) is 12.1. The molecule has 2 heterocycles. The van der Waals surface area contributed by atoms with E-state index in [1.165, 1.54) is 12.8 Å². The molecule has 2 aromatic rings. The van der Waals surface area contributed by atoms with Gasteiger partial charge in [0.25, 0.3) is 0 Å². The number of rotatable bonds is 5. The summed E-state index contributed by atoms with van der Waals surface area (Å²) in [5, 5.41) is 4.98. The summed E-state index contributed by atoms with van der Waals surface area (Å²) in [5.41, 5.74) is 6.75. The van der Waals surface area contributed by atoms with Crippen LogP contribution in [0.1, 0.15) is 32.5 Å². The molecule has 0 saturated heterocycles. The molecule has 0 radical (unpaired) electrons. The number of aromatic nitrogens is 4. The van der Waals surface area contributed by atoms with Gasteiger partial charge in [-0.05, 0) is 20.4 Å². The fraction of sp³-hybridized carbons (Fsp3) is 0.615. The van der Waals surface area contributed by atoms with Gasteiger partial charge in [0, 0.05) is 13.1 Å². The average molecular weight is 262 g/mol. The van der Waals surface area contributed by atoms with E-state index < -0.39 is 0 Å². The second-order valence-electron chi connectivity index (χ2n) is 5.08. The smallest absolute Gasteiger partial charge is 0.163 e. The molecule has 2 N–H and O–H groups in total. The molecular formula is C13H22N6. The highest BCUT2D eigenvalue weighted by molar-refractivity contribution is 5.84. The van der Waals surface area contributed by atoms with Crippen LogP contribution in [-0.4, -0.2) is 37.7 Å². The molecule has 2 aromatic heterocycles. The van der Waals surface area contributed by atoms with Crippen molar-refractivity contribution in [2.24, 2.45) is 7.05 Å². The van der Waals surface area contributed by atoms with Gasteiger partial charge in [0.2, 0.25) is 0 Å². The molecule has 0 aromatic carbocycles. The minimum Gasteiger partial charge on any atom is -0.383 e. The van der Waals surface area contributed by atoms with Crippen LogP contribution in [0.4, 0.5) is 5.82 Å². The lowest BCUT2D eigenvalue weighted by atomic mass is 10.2. The van der Waals surface area contributed by atoms with Crippen LogP contribution in [0.25, 0.3) is 11.0 Å². The molecule has 0 saturated carbocycles. The van der Waals surface area contributed by atoms with E-state index in [-0.39, 0.29) is 0 Å². The van der Waals surface area contributed by atoms with Gasteiger partial charge in [0.1, 0.15) is 11.6 Å². The normalized spacial score (nSPS) is 13.3. The highest BCUT2D eigenvalue weighted by Gasteiger charge is 2.13. The standard InChI is InChI=1S/C13H22N6/c1-5-6-9(2)18(3)8-11-16-12(14)10-7-15-19(4)13(10)17-11/h7,9H,5-6,8H2,1-4H3,(H2,14,16,17). The van der Waals surface area contributed by atoms with E-state index >= 15 is 0 Å². The van der Waals surface area contributed by atoms with Crippen molar-refractivity contribution in [2.45, 2.75) is 39.3 Å². The van der Waals surface area contributed by atoms with Crippen molar-refractivity contribution in [3.05, 3.63) is 12.0 Å². The van der Waals surface area contributed by atoms with E-state index in [9.17, 15) is 0 Å². The SMILES string of the molecule is CCCC(C)N(C)Cc1nc(N)c2cnn(C)c2n1. The van der Waals surface area contributed by atoms with Gasteiger partial charge < -0.3 is 5.73 Å². The van der Waals surface area contributed by atoms with E-state index in [1.807, 2.05) is 7.05 Å². The van der Waals surface area contributed by atoms with Crippen molar-refractivity contribution in [3.63, 3.8) is 0 Å². The molecule has 19 heavy (non-hydrogen) atoms. The third-order valence-corrected chi connectivity index (χ3v) is 3.52. The zero-order chi connectivity index (χ0) is 14.0. The van der Waals surface area contributed by atoms with E-state index in [0.29, 0.717) is 18.4 Å². The maximum absolute atomic E-state index is 5.96. The lowest BCUT2D eigenvalue weighted by Gasteiger charge is -2.23. The Morgan fingerprint density at radius 1 is 1.42 bits per heavy atom. The van der Waals surface area contributed by atoms with Gasteiger partial charge in [-0.1, -0.05) is 13.3 Å². The van der Waals surface area contributed by atoms with E-state index in [4.69, 9.17) is 5.73 Å². The minimum absolute atomic E-state index is 0.504. The Hall–Kier alpha value is -1.69. The molecule has 1 atom stereocenters. The molecule has 6 nitrogen and oxygen atoms in total. The van der Waals surface area contributed by atoms with Crippen molar-refractivity contribution in [1.29, 1.82) is 0 Å². The number of hydrogen-bond donors (Lipinski definition) is 1.